The molecule has 0 aromatic heterocycles. The zero-order chi connectivity index (χ0) is 9.42. The molecular weight excluding hydrogens is 164 g/mol. The Labute approximate surface area is 79.5 Å². The van der Waals surface area contributed by atoms with Gasteiger partial charge in [-0.2, -0.15) is 0 Å². The highest BCUT2D eigenvalue weighted by Gasteiger charge is 2.44. The van der Waals surface area contributed by atoms with E-state index in [1.165, 1.54) is 12.8 Å². The monoisotopic (exact) mass is 182 g/mol. The van der Waals surface area contributed by atoms with Crippen molar-refractivity contribution in [1.82, 2.24) is 10.2 Å². The summed E-state index contributed by atoms with van der Waals surface area (Å²) in [6.07, 6.45) is 4.67. The van der Waals surface area contributed by atoms with Crippen LogP contribution in [0.25, 0.3) is 0 Å². The van der Waals surface area contributed by atoms with Crippen LogP contribution < -0.4 is 5.32 Å². The average Bonchev–Trinajstić information content (AvgIpc) is 2.91. The molecule has 0 aromatic carbocycles. The van der Waals surface area contributed by atoms with Crippen LogP contribution in [0.2, 0.25) is 0 Å². The number of nitrogens with one attached hydrogen (secondary N) is 1. The number of rotatable bonds is 3. The van der Waals surface area contributed by atoms with Crippen LogP contribution in [0.15, 0.2) is 0 Å². The van der Waals surface area contributed by atoms with E-state index in [1.54, 1.807) is 0 Å². The summed E-state index contributed by atoms with van der Waals surface area (Å²) in [6, 6.07) is 0.645. The summed E-state index contributed by atoms with van der Waals surface area (Å²) in [7, 11) is 0. The second-order valence-electron chi connectivity index (χ2n) is 4.03. The minimum Gasteiger partial charge on any atom is -0.323 e. The van der Waals surface area contributed by atoms with E-state index < -0.39 is 0 Å². The molecule has 2 unspecified atom stereocenters. The van der Waals surface area contributed by atoms with Crippen LogP contribution in [0.1, 0.15) is 39.5 Å². The lowest BCUT2D eigenvalue weighted by molar-refractivity contribution is -0.130. The van der Waals surface area contributed by atoms with Crippen molar-refractivity contribution >= 4 is 5.91 Å². The van der Waals surface area contributed by atoms with Gasteiger partial charge in [0.2, 0.25) is 5.91 Å². The molecule has 1 saturated heterocycles. The first kappa shape index (κ1) is 9.00. The van der Waals surface area contributed by atoms with E-state index in [4.69, 9.17) is 0 Å². The van der Waals surface area contributed by atoms with Crippen molar-refractivity contribution in [2.75, 3.05) is 0 Å². The summed E-state index contributed by atoms with van der Waals surface area (Å²) in [4.78, 5) is 13.9. The van der Waals surface area contributed by atoms with Crippen molar-refractivity contribution in [3.05, 3.63) is 0 Å². The zero-order valence-electron chi connectivity index (χ0n) is 8.42. The highest BCUT2D eigenvalue weighted by molar-refractivity contribution is 5.84. The first-order valence-corrected chi connectivity index (χ1v) is 5.36. The third kappa shape index (κ3) is 1.46. The first-order chi connectivity index (χ1) is 6.27. The highest BCUT2D eigenvalue weighted by atomic mass is 16.2. The van der Waals surface area contributed by atoms with E-state index in [9.17, 15) is 4.79 Å². The Balaban J connectivity index is 2.08. The van der Waals surface area contributed by atoms with Crippen LogP contribution in [0.5, 0.6) is 0 Å². The van der Waals surface area contributed by atoms with Crippen LogP contribution >= 0.6 is 0 Å². The molecule has 0 bridgehead atoms. The second kappa shape index (κ2) is 3.29. The Bertz CT molecular complexity index is 213. The normalized spacial score (nSPS) is 34.3. The Hall–Kier alpha value is -0.570. The minimum atomic E-state index is 0.0885. The van der Waals surface area contributed by atoms with Gasteiger partial charge in [0, 0.05) is 6.04 Å². The fraction of sp³-hybridized carbons (Fsp3) is 0.900. The van der Waals surface area contributed by atoms with Crippen LogP contribution in [0.3, 0.4) is 0 Å². The lowest BCUT2D eigenvalue weighted by Crippen LogP contribution is -2.38. The predicted octanol–water partition coefficient (Wildman–Crippen LogP) is 1.10. The van der Waals surface area contributed by atoms with E-state index in [1.807, 2.05) is 0 Å². The molecule has 13 heavy (non-hydrogen) atoms. The van der Waals surface area contributed by atoms with E-state index >= 15 is 0 Å². The maximum Gasteiger partial charge on any atom is 0.241 e. The van der Waals surface area contributed by atoms with Gasteiger partial charge in [0.25, 0.3) is 0 Å². The van der Waals surface area contributed by atoms with Gasteiger partial charge in [0.05, 0.1) is 12.2 Å². The third-order valence-corrected chi connectivity index (χ3v) is 3.02. The number of hydrogen-bond acceptors (Lipinski definition) is 2. The summed E-state index contributed by atoms with van der Waals surface area (Å²) < 4.78 is 0. The second-order valence-corrected chi connectivity index (χ2v) is 4.03. The van der Waals surface area contributed by atoms with E-state index in [0.717, 1.165) is 12.8 Å². The maximum atomic E-state index is 11.9. The Morgan fingerprint density at radius 3 is 2.54 bits per heavy atom. The molecule has 1 saturated carbocycles. The van der Waals surface area contributed by atoms with Crippen LogP contribution in [-0.2, 0) is 4.79 Å². The topological polar surface area (TPSA) is 32.3 Å². The largest absolute Gasteiger partial charge is 0.323 e. The molecule has 0 spiro atoms. The molecule has 2 aliphatic rings. The minimum absolute atomic E-state index is 0.0885. The molecule has 2 fully saturated rings. The molecule has 0 aromatic rings. The average molecular weight is 182 g/mol. The number of amides is 1. The lowest BCUT2D eigenvalue weighted by Gasteiger charge is -2.22. The molecule has 1 amide bonds. The summed E-state index contributed by atoms with van der Waals surface area (Å²) in [5, 5.41) is 3.39. The van der Waals surface area contributed by atoms with Crippen LogP contribution in [0.4, 0.5) is 0 Å². The van der Waals surface area contributed by atoms with Crippen molar-refractivity contribution in [2.24, 2.45) is 0 Å². The molecule has 3 heteroatoms. The Morgan fingerprint density at radius 2 is 2.08 bits per heavy atom. The van der Waals surface area contributed by atoms with Gasteiger partial charge in [-0.25, -0.2) is 0 Å². The maximum absolute atomic E-state index is 11.9. The molecule has 1 heterocycles. The van der Waals surface area contributed by atoms with Gasteiger partial charge in [-0.3, -0.25) is 10.1 Å². The van der Waals surface area contributed by atoms with Gasteiger partial charge in [0.15, 0.2) is 0 Å². The van der Waals surface area contributed by atoms with Gasteiger partial charge < -0.3 is 4.90 Å². The Morgan fingerprint density at radius 1 is 1.38 bits per heavy atom. The number of carbonyl (C=O) groups is 1. The van der Waals surface area contributed by atoms with E-state index in [0.29, 0.717) is 18.1 Å². The molecule has 1 N–H and O–H groups in total. The standard InChI is InChI=1S/C10H18N2O/c1-3-8-10(13)12(7-5-6-7)9(4-2)11-8/h7-9,11H,3-6H2,1-2H3. The van der Waals surface area contributed by atoms with Crippen molar-refractivity contribution in [2.45, 2.75) is 57.8 Å². The van der Waals surface area contributed by atoms with Gasteiger partial charge >= 0.3 is 0 Å². The van der Waals surface area contributed by atoms with Crippen molar-refractivity contribution in [3.63, 3.8) is 0 Å². The van der Waals surface area contributed by atoms with Crippen LogP contribution in [-0.4, -0.2) is 29.1 Å². The molecular formula is C10H18N2O. The van der Waals surface area contributed by atoms with Gasteiger partial charge in [-0.15, -0.1) is 0 Å². The van der Waals surface area contributed by atoms with Crippen molar-refractivity contribution in [3.8, 4) is 0 Å². The molecule has 2 rings (SSSR count). The predicted molar refractivity (Wildman–Crippen MR) is 51.2 cm³/mol. The SMILES string of the molecule is CCC1NC(CC)N(C2CC2)C1=O. The quantitative estimate of drug-likeness (QED) is 0.708. The van der Waals surface area contributed by atoms with E-state index in [2.05, 4.69) is 24.1 Å². The fourth-order valence-corrected chi connectivity index (χ4v) is 2.11. The smallest absolute Gasteiger partial charge is 0.241 e. The lowest BCUT2D eigenvalue weighted by atomic mass is 10.2. The first-order valence-electron chi connectivity index (χ1n) is 5.36. The van der Waals surface area contributed by atoms with Crippen molar-refractivity contribution < 1.29 is 4.79 Å². The third-order valence-electron chi connectivity index (χ3n) is 3.02. The summed E-state index contributed by atoms with van der Waals surface area (Å²) in [5.41, 5.74) is 0. The Kier molecular flexibility index (Phi) is 2.28. The number of carbonyl (C=O) groups excluding carboxylic acids is 1. The zero-order valence-corrected chi connectivity index (χ0v) is 8.42. The van der Waals surface area contributed by atoms with E-state index in [-0.39, 0.29) is 6.04 Å². The molecule has 1 aliphatic heterocycles. The summed E-state index contributed by atoms with van der Waals surface area (Å²) >= 11 is 0. The van der Waals surface area contributed by atoms with Gasteiger partial charge in [0.1, 0.15) is 0 Å². The number of nitrogens with zero attached hydrogens (tertiary/aromatic N) is 1. The summed E-state index contributed by atoms with van der Waals surface area (Å²) in [5.74, 6) is 0.330. The molecule has 1 aliphatic carbocycles. The summed E-state index contributed by atoms with van der Waals surface area (Å²) in [6.45, 7) is 4.21. The molecule has 74 valence electrons. The van der Waals surface area contributed by atoms with Gasteiger partial charge in [-0.05, 0) is 25.7 Å². The van der Waals surface area contributed by atoms with Crippen LogP contribution in [0, 0.1) is 0 Å². The molecule has 0 radical (unpaired) electrons. The molecule has 2 atom stereocenters. The number of hydrogen-bond donors (Lipinski definition) is 1. The fourth-order valence-electron chi connectivity index (χ4n) is 2.11. The van der Waals surface area contributed by atoms with Gasteiger partial charge in [-0.1, -0.05) is 13.8 Å². The molecule has 3 nitrogen and oxygen atoms in total. The highest BCUT2D eigenvalue weighted by Crippen LogP contribution is 2.32. The van der Waals surface area contributed by atoms with Crippen molar-refractivity contribution in [1.29, 1.82) is 0 Å².